The van der Waals surface area contributed by atoms with Gasteiger partial charge in [0.15, 0.2) is 5.16 Å². The molecule has 2 aromatic carbocycles. The maximum Gasteiger partial charge on any atom is 0.338 e. The summed E-state index contributed by atoms with van der Waals surface area (Å²) in [6.07, 6.45) is 2.92. The molecule has 35 heavy (non-hydrogen) atoms. The van der Waals surface area contributed by atoms with Gasteiger partial charge in [0.05, 0.1) is 42.2 Å². The molecule has 4 rings (SSSR count). The molecule has 1 saturated heterocycles. The summed E-state index contributed by atoms with van der Waals surface area (Å²) in [6.45, 7) is 4.08. The Hall–Kier alpha value is -3.04. The maximum atomic E-state index is 12.5. The second-order valence-corrected chi connectivity index (χ2v) is 9.24. The summed E-state index contributed by atoms with van der Waals surface area (Å²) >= 11 is 1.39. The Bertz CT molecular complexity index is 1160. The average molecular weight is 498 g/mol. The summed E-state index contributed by atoms with van der Waals surface area (Å²) in [5.74, 6) is 0.651. The minimum atomic E-state index is -0.370. The predicted octanol–water partition coefficient (Wildman–Crippen LogP) is 3.85. The van der Waals surface area contributed by atoms with Crippen LogP contribution in [0.2, 0.25) is 0 Å². The van der Waals surface area contributed by atoms with Gasteiger partial charge in [0.2, 0.25) is 5.91 Å². The zero-order valence-electron chi connectivity index (χ0n) is 20.1. The summed E-state index contributed by atoms with van der Waals surface area (Å²) in [5.41, 5.74) is 3.24. The molecule has 9 heteroatoms. The van der Waals surface area contributed by atoms with E-state index in [9.17, 15) is 9.59 Å². The van der Waals surface area contributed by atoms with E-state index in [4.69, 9.17) is 19.2 Å². The van der Waals surface area contributed by atoms with Gasteiger partial charge in [0.1, 0.15) is 5.75 Å². The van der Waals surface area contributed by atoms with Crippen LogP contribution in [-0.4, -0.2) is 60.2 Å². The Balaban J connectivity index is 1.50. The van der Waals surface area contributed by atoms with Crippen LogP contribution in [0, 0.1) is 0 Å². The number of nitrogens with one attached hydrogen (secondary N) is 1. The monoisotopic (exact) mass is 497 g/mol. The lowest BCUT2D eigenvalue weighted by Gasteiger charge is -2.12. The number of fused-ring (bicyclic) bond motifs is 1. The van der Waals surface area contributed by atoms with Crippen molar-refractivity contribution in [2.24, 2.45) is 0 Å². The highest BCUT2D eigenvalue weighted by atomic mass is 32.2. The lowest BCUT2D eigenvalue weighted by atomic mass is 10.1. The van der Waals surface area contributed by atoms with Crippen molar-refractivity contribution in [2.45, 2.75) is 44.0 Å². The summed E-state index contributed by atoms with van der Waals surface area (Å²) in [4.78, 5) is 29.4. The largest absolute Gasteiger partial charge is 0.497 e. The molecule has 3 aromatic rings. The van der Waals surface area contributed by atoms with Gasteiger partial charge in [-0.25, -0.2) is 9.78 Å². The first-order valence-corrected chi connectivity index (χ1v) is 12.9. The van der Waals surface area contributed by atoms with Gasteiger partial charge in [-0.1, -0.05) is 23.9 Å². The number of amides is 1. The molecule has 0 saturated carbocycles. The third-order valence-electron chi connectivity index (χ3n) is 5.89. The lowest BCUT2D eigenvalue weighted by molar-refractivity contribution is -0.119. The van der Waals surface area contributed by atoms with Crippen molar-refractivity contribution in [1.82, 2.24) is 14.9 Å². The van der Waals surface area contributed by atoms with Crippen LogP contribution in [-0.2, 0) is 27.2 Å². The molecule has 1 atom stereocenters. The fraction of sp³-hybridized carbons (Fsp3) is 0.423. The third kappa shape index (κ3) is 6.55. The van der Waals surface area contributed by atoms with E-state index < -0.39 is 0 Å². The van der Waals surface area contributed by atoms with Crippen LogP contribution >= 0.6 is 11.8 Å². The van der Waals surface area contributed by atoms with Crippen LogP contribution in [0.1, 0.15) is 35.7 Å². The van der Waals surface area contributed by atoms with Crippen LogP contribution < -0.4 is 10.1 Å². The molecule has 0 spiro atoms. The van der Waals surface area contributed by atoms with Crippen molar-refractivity contribution in [3.8, 4) is 5.75 Å². The van der Waals surface area contributed by atoms with E-state index >= 15 is 0 Å². The Labute approximate surface area is 209 Å². The summed E-state index contributed by atoms with van der Waals surface area (Å²) in [7, 11) is 1.65. The van der Waals surface area contributed by atoms with E-state index in [-0.39, 0.29) is 23.7 Å². The second kappa shape index (κ2) is 12.1. The number of esters is 1. The van der Waals surface area contributed by atoms with E-state index in [0.29, 0.717) is 30.8 Å². The quantitative estimate of drug-likeness (QED) is 0.318. The number of nitrogens with zero attached hydrogens (tertiary/aromatic N) is 2. The van der Waals surface area contributed by atoms with Gasteiger partial charge < -0.3 is 24.1 Å². The van der Waals surface area contributed by atoms with E-state index in [2.05, 4.69) is 9.88 Å². The van der Waals surface area contributed by atoms with Crippen LogP contribution in [0.3, 0.4) is 0 Å². The normalized spacial score (nSPS) is 15.3. The van der Waals surface area contributed by atoms with Crippen LogP contribution in [0.25, 0.3) is 11.0 Å². The zero-order chi connectivity index (χ0) is 24.6. The Kier molecular flexibility index (Phi) is 8.65. The molecule has 2 heterocycles. The number of carbonyl (C=O) groups is 2. The number of carbonyl (C=O) groups excluding carboxylic acids is 2. The number of methoxy groups -OCH3 is 1. The first kappa shape index (κ1) is 25.1. The van der Waals surface area contributed by atoms with E-state index in [1.807, 2.05) is 30.3 Å². The summed E-state index contributed by atoms with van der Waals surface area (Å²) < 4.78 is 18.1. The van der Waals surface area contributed by atoms with Crippen molar-refractivity contribution in [3.63, 3.8) is 0 Å². The third-order valence-corrected chi connectivity index (χ3v) is 6.87. The molecule has 186 valence electrons. The van der Waals surface area contributed by atoms with Crippen molar-refractivity contribution in [3.05, 3.63) is 53.6 Å². The zero-order valence-corrected chi connectivity index (χ0v) is 20.9. The highest BCUT2D eigenvalue weighted by Gasteiger charge is 2.18. The number of benzene rings is 2. The first-order valence-electron chi connectivity index (χ1n) is 11.9. The number of rotatable bonds is 11. The molecule has 0 unspecified atom stereocenters. The molecule has 8 nitrogen and oxygen atoms in total. The summed E-state index contributed by atoms with van der Waals surface area (Å²) in [5, 5.41) is 3.70. The highest BCUT2D eigenvalue weighted by molar-refractivity contribution is 7.99. The minimum Gasteiger partial charge on any atom is -0.497 e. The fourth-order valence-electron chi connectivity index (χ4n) is 4.02. The number of hydrogen-bond acceptors (Lipinski definition) is 7. The molecule has 0 bridgehead atoms. The smallest absolute Gasteiger partial charge is 0.338 e. The van der Waals surface area contributed by atoms with Crippen molar-refractivity contribution in [2.75, 3.05) is 32.6 Å². The van der Waals surface area contributed by atoms with Crippen molar-refractivity contribution >= 4 is 34.7 Å². The summed E-state index contributed by atoms with van der Waals surface area (Å²) in [6, 6.07) is 13.4. The predicted molar refractivity (Wildman–Crippen MR) is 135 cm³/mol. The Morgan fingerprint density at radius 3 is 2.77 bits per heavy atom. The van der Waals surface area contributed by atoms with Gasteiger partial charge in [-0.15, -0.1) is 0 Å². The Morgan fingerprint density at radius 2 is 2.06 bits per heavy atom. The number of thioether (sulfide) groups is 1. The number of aryl methyl sites for hydroxylation is 2. The van der Waals surface area contributed by atoms with Gasteiger partial charge in [0.25, 0.3) is 0 Å². The molecular formula is C26H31N3O5S. The maximum absolute atomic E-state index is 12.5. The molecule has 1 aliphatic rings. The fourth-order valence-corrected chi connectivity index (χ4v) is 4.89. The van der Waals surface area contributed by atoms with Crippen LogP contribution in [0.4, 0.5) is 0 Å². The van der Waals surface area contributed by atoms with Crippen molar-refractivity contribution in [1.29, 1.82) is 0 Å². The number of hydrogen-bond donors (Lipinski definition) is 1. The second-order valence-electron chi connectivity index (χ2n) is 8.30. The molecule has 1 N–H and O–H groups in total. The number of ether oxygens (including phenoxy) is 3. The molecule has 1 fully saturated rings. The molecule has 0 aliphatic carbocycles. The van der Waals surface area contributed by atoms with Crippen molar-refractivity contribution < 1.29 is 23.8 Å². The number of aromatic nitrogens is 2. The molecule has 0 radical (unpaired) electrons. The van der Waals surface area contributed by atoms with Gasteiger partial charge in [-0.05, 0) is 62.1 Å². The standard InChI is InChI=1S/C26H31N3O5S/c1-3-33-25(31)19-8-11-23-22(15-19)28-26(35-17-24(30)27-16-21-5-4-14-34-21)29(23)13-12-18-6-9-20(32-2)10-7-18/h6-11,15,21H,3-5,12-14,16-17H2,1-2H3,(H,27,30)/t21-/m0/s1. The molecule has 1 aliphatic heterocycles. The van der Waals surface area contributed by atoms with E-state index in [0.717, 1.165) is 42.3 Å². The number of imidazole rings is 1. The van der Waals surface area contributed by atoms with Gasteiger partial charge in [-0.2, -0.15) is 0 Å². The van der Waals surface area contributed by atoms with E-state index in [1.165, 1.54) is 17.3 Å². The topological polar surface area (TPSA) is 91.7 Å². The van der Waals surface area contributed by atoms with E-state index in [1.54, 1.807) is 26.2 Å². The van der Waals surface area contributed by atoms with Gasteiger partial charge >= 0.3 is 5.97 Å². The minimum absolute atomic E-state index is 0.0496. The average Bonchev–Trinajstić information content (AvgIpc) is 3.52. The SMILES string of the molecule is CCOC(=O)c1ccc2c(c1)nc(SCC(=O)NC[C@@H]1CCCO1)n2CCc1ccc(OC)cc1. The molecule has 1 amide bonds. The van der Waals surface area contributed by atoms with Crippen LogP contribution in [0.15, 0.2) is 47.6 Å². The molecule has 1 aromatic heterocycles. The van der Waals surface area contributed by atoms with Crippen LogP contribution in [0.5, 0.6) is 5.75 Å². The molecular weight excluding hydrogens is 466 g/mol. The first-order chi connectivity index (χ1) is 17.1. The Morgan fingerprint density at radius 1 is 1.23 bits per heavy atom. The van der Waals surface area contributed by atoms with Gasteiger partial charge in [0, 0.05) is 19.7 Å². The lowest BCUT2D eigenvalue weighted by Crippen LogP contribution is -2.32. The van der Waals surface area contributed by atoms with Gasteiger partial charge in [-0.3, -0.25) is 4.79 Å². The highest BCUT2D eigenvalue weighted by Crippen LogP contribution is 2.26.